The highest BCUT2D eigenvalue weighted by molar-refractivity contribution is 5.84. The largest absolute Gasteiger partial charge is 0.384 e. The molecule has 2 bridgehead atoms. The summed E-state index contributed by atoms with van der Waals surface area (Å²) in [5.41, 5.74) is 0.578. The predicted octanol–water partition coefficient (Wildman–Crippen LogP) is 4.37. The fourth-order valence-corrected chi connectivity index (χ4v) is 4.38. The van der Waals surface area contributed by atoms with E-state index in [-0.39, 0.29) is 28.2 Å². The Morgan fingerprint density at radius 1 is 0.971 bits per heavy atom. The molecule has 34 heavy (non-hydrogen) atoms. The molecule has 7 nitrogen and oxygen atoms in total. The minimum absolute atomic E-state index is 0.0288. The van der Waals surface area contributed by atoms with E-state index in [2.05, 4.69) is 20.6 Å². The Bertz CT molecular complexity index is 1540. The molecule has 2 aromatic heterocycles. The van der Waals surface area contributed by atoms with Crippen molar-refractivity contribution in [1.82, 2.24) is 14.5 Å². The van der Waals surface area contributed by atoms with Crippen molar-refractivity contribution in [3.63, 3.8) is 0 Å². The number of benzene rings is 2. The van der Waals surface area contributed by atoms with Crippen molar-refractivity contribution in [3.8, 4) is 16.9 Å². The smallest absolute Gasteiger partial charge is 0.334 e. The molecule has 4 aromatic rings. The highest BCUT2D eigenvalue weighted by Crippen LogP contribution is 2.35. The van der Waals surface area contributed by atoms with Crippen molar-refractivity contribution >= 4 is 22.4 Å². The number of anilines is 2. The Balaban J connectivity index is 1.98. The monoisotopic (exact) mass is 463 g/mol. The molecule has 0 amide bonds. The van der Waals surface area contributed by atoms with Crippen LogP contribution in [-0.2, 0) is 0 Å². The number of nitrogens with zero attached hydrogens (tertiary/aromatic N) is 2. The molecule has 1 aliphatic rings. The van der Waals surface area contributed by atoms with Gasteiger partial charge in [0.25, 0.3) is 5.56 Å². The molecule has 0 atom stereocenters. The summed E-state index contributed by atoms with van der Waals surface area (Å²) in [7, 11) is 0. The Labute approximate surface area is 193 Å². The first-order chi connectivity index (χ1) is 16.4. The second-order valence-electron chi connectivity index (χ2n) is 8.55. The third-order valence-corrected chi connectivity index (χ3v) is 5.98. The van der Waals surface area contributed by atoms with Crippen LogP contribution in [0.25, 0.3) is 28.0 Å². The summed E-state index contributed by atoms with van der Waals surface area (Å²) >= 11 is 0. The van der Waals surface area contributed by atoms with Crippen molar-refractivity contribution in [2.24, 2.45) is 0 Å². The zero-order chi connectivity index (χ0) is 24.0. The van der Waals surface area contributed by atoms with E-state index in [4.69, 9.17) is 0 Å². The molecule has 5 rings (SSSR count). The number of hydrogen-bond acceptors (Lipinski definition) is 5. The summed E-state index contributed by atoms with van der Waals surface area (Å²) in [6.45, 7) is 5.04. The molecule has 0 radical (unpaired) electrons. The summed E-state index contributed by atoms with van der Waals surface area (Å²) < 4.78 is 31.6. The SMILES string of the molecule is CC(C)c1cccc2c1-n1c(=O)[nH]c(=O)c3cc(F)c(nc31)-c1c(F)cccc1NCCCN2. The van der Waals surface area contributed by atoms with E-state index in [1.165, 1.54) is 16.7 Å². The Hall–Kier alpha value is -4.01. The summed E-state index contributed by atoms with van der Waals surface area (Å²) in [5.74, 6) is -1.49. The van der Waals surface area contributed by atoms with Crippen LogP contribution in [0.2, 0.25) is 0 Å². The number of pyridine rings is 1. The maximum atomic E-state index is 15.3. The molecule has 0 saturated heterocycles. The van der Waals surface area contributed by atoms with Crippen LogP contribution in [0.4, 0.5) is 20.2 Å². The van der Waals surface area contributed by atoms with E-state index in [9.17, 15) is 14.0 Å². The number of H-pyrrole nitrogens is 1. The summed E-state index contributed by atoms with van der Waals surface area (Å²) in [6, 6.07) is 11.0. The van der Waals surface area contributed by atoms with Gasteiger partial charge in [-0.05, 0) is 42.2 Å². The highest BCUT2D eigenvalue weighted by atomic mass is 19.1. The van der Waals surface area contributed by atoms with Crippen LogP contribution in [0.3, 0.4) is 0 Å². The minimum Gasteiger partial charge on any atom is -0.384 e. The van der Waals surface area contributed by atoms with Crippen LogP contribution in [0.1, 0.15) is 31.7 Å². The molecular formula is C25H23F2N5O2. The van der Waals surface area contributed by atoms with E-state index in [0.717, 1.165) is 11.6 Å². The average Bonchev–Trinajstić information content (AvgIpc) is 2.80. The first-order valence-electron chi connectivity index (χ1n) is 11.1. The van der Waals surface area contributed by atoms with Crippen molar-refractivity contribution in [3.05, 3.63) is 80.5 Å². The van der Waals surface area contributed by atoms with E-state index in [1.54, 1.807) is 6.07 Å². The van der Waals surface area contributed by atoms with E-state index < -0.39 is 22.9 Å². The van der Waals surface area contributed by atoms with Gasteiger partial charge in [-0.15, -0.1) is 0 Å². The quantitative estimate of drug-likeness (QED) is 0.390. The number of aromatic nitrogens is 3. The number of aromatic amines is 1. The second kappa shape index (κ2) is 8.40. The topological polar surface area (TPSA) is 91.8 Å². The van der Waals surface area contributed by atoms with Crippen LogP contribution >= 0.6 is 0 Å². The lowest BCUT2D eigenvalue weighted by Gasteiger charge is -2.20. The van der Waals surface area contributed by atoms with Gasteiger partial charge in [-0.1, -0.05) is 32.0 Å². The standard InChI is InChI=1S/C25H23F2N5O2/c1-13(2)14-6-3-9-19-22(14)32-23-15(24(33)31-25(32)34)12-17(27)21(30-23)20-16(26)7-4-8-18(20)28-10-5-11-29-19/h3-4,6-9,12-13,28-29H,5,10-11H2,1-2H3,(H,31,33,34). The molecule has 9 heteroatoms. The zero-order valence-electron chi connectivity index (χ0n) is 18.7. The molecule has 1 aliphatic heterocycles. The van der Waals surface area contributed by atoms with Crippen molar-refractivity contribution < 1.29 is 8.78 Å². The van der Waals surface area contributed by atoms with Gasteiger partial charge in [-0.2, -0.15) is 0 Å². The molecule has 0 aliphatic carbocycles. The number of hydrogen-bond donors (Lipinski definition) is 3. The number of para-hydroxylation sites is 1. The fourth-order valence-electron chi connectivity index (χ4n) is 4.38. The van der Waals surface area contributed by atoms with Gasteiger partial charge in [0.2, 0.25) is 0 Å². The molecule has 0 fully saturated rings. The lowest BCUT2D eigenvalue weighted by atomic mass is 9.99. The normalized spacial score (nSPS) is 13.3. The van der Waals surface area contributed by atoms with Gasteiger partial charge in [0.05, 0.1) is 22.3 Å². The predicted molar refractivity (Wildman–Crippen MR) is 129 cm³/mol. The minimum atomic E-state index is -0.860. The number of halogens is 2. The average molecular weight is 463 g/mol. The van der Waals surface area contributed by atoms with Gasteiger partial charge in [0.15, 0.2) is 11.5 Å². The van der Waals surface area contributed by atoms with Gasteiger partial charge in [-0.3, -0.25) is 9.78 Å². The second-order valence-corrected chi connectivity index (χ2v) is 8.55. The highest BCUT2D eigenvalue weighted by Gasteiger charge is 2.23. The van der Waals surface area contributed by atoms with E-state index >= 15 is 4.39 Å². The van der Waals surface area contributed by atoms with E-state index in [0.29, 0.717) is 36.6 Å². The third-order valence-electron chi connectivity index (χ3n) is 5.98. The molecule has 174 valence electrons. The van der Waals surface area contributed by atoms with Gasteiger partial charge < -0.3 is 10.6 Å². The van der Waals surface area contributed by atoms with Crippen molar-refractivity contribution in [2.75, 3.05) is 23.7 Å². The van der Waals surface area contributed by atoms with Crippen molar-refractivity contribution in [1.29, 1.82) is 0 Å². The molecule has 3 N–H and O–H groups in total. The fraction of sp³-hybridized carbons (Fsp3) is 0.240. The maximum absolute atomic E-state index is 15.3. The van der Waals surface area contributed by atoms with Gasteiger partial charge in [-0.25, -0.2) is 23.1 Å². The number of rotatable bonds is 1. The summed E-state index contributed by atoms with van der Waals surface area (Å²) in [5, 5.41) is 6.42. The first kappa shape index (κ1) is 21.8. The molecule has 0 saturated carbocycles. The van der Waals surface area contributed by atoms with Gasteiger partial charge in [0, 0.05) is 18.8 Å². The number of fused-ring (bicyclic) bond motifs is 5. The van der Waals surface area contributed by atoms with Gasteiger partial charge in [0.1, 0.15) is 11.5 Å². The molecule has 3 heterocycles. The summed E-state index contributed by atoms with van der Waals surface area (Å²) in [6.07, 6.45) is 0.671. The van der Waals surface area contributed by atoms with E-state index in [1.807, 2.05) is 32.0 Å². The lowest BCUT2D eigenvalue weighted by Crippen LogP contribution is -2.31. The maximum Gasteiger partial charge on any atom is 0.334 e. The zero-order valence-corrected chi connectivity index (χ0v) is 18.7. The molecule has 0 unspecified atom stereocenters. The number of nitrogens with one attached hydrogen (secondary N) is 3. The van der Waals surface area contributed by atoms with Crippen LogP contribution in [0.15, 0.2) is 52.1 Å². The van der Waals surface area contributed by atoms with Crippen LogP contribution < -0.4 is 21.9 Å². The Morgan fingerprint density at radius 3 is 2.44 bits per heavy atom. The van der Waals surface area contributed by atoms with Crippen LogP contribution in [0.5, 0.6) is 0 Å². The van der Waals surface area contributed by atoms with Crippen molar-refractivity contribution in [2.45, 2.75) is 26.2 Å². The Morgan fingerprint density at radius 2 is 1.68 bits per heavy atom. The first-order valence-corrected chi connectivity index (χ1v) is 11.1. The Kier molecular flexibility index (Phi) is 5.39. The third kappa shape index (κ3) is 3.53. The lowest BCUT2D eigenvalue weighted by molar-refractivity contribution is 0.613. The van der Waals surface area contributed by atoms with Crippen LogP contribution in [-0.4, -0.2) is 27.6 Å². The molecule has 0 spiro atoms. The molecular weight excluding hydrogens is 440 g/mol. The molecule has 2 aromatic carbocycles. The van der Waals surface area contributed by atoms with Gasteiger partial charge >= 0.3 is 5.69 Å². The summed E-state index contributed by atoms with van der Waals surface area (Å²) in [4.78, 5) is 32.5. The van der Waals surface area contributed by atoms with Crippen LogP contribution in [0, 0.1) is 11.6 Å².